The number of carbonyl (C=O) groups is 1. The molecule has 0 spiro atoms. The van der Waals surface area contributed by atoms with Crippen molar-refractivity contribution in [3.05, 3.63) is 115 Å². The van der Waals surface area contributed by atoms with Crippen molar-refractivity contribution >= 4 is 22.5 Å². The second-order valence-electron chi connectivity index (χ2n) is 9.24. The molecule has 1 saturated heterocycles. The molecule has 194 valence electrons. The summed E-state index contributed by atoms with van der Waals surface area (Å²) >= 11 is 0. The Hall–Kier alpha value is -4.57. The summed E-state index contributed by atoms with van der Waals surface area (Å²) in [5.41, 5.74) is 0.978. The number of amides is 1. The van der Waals surface area contributed by atoms with Gasteiger partial charge in [0.15, 0.2) is 0 Å². The molecule has 5 rings (SSSR count). The minimum absolute atomic E-state index is 0.0459. The molecule has 3 aromatic carbocycles. The van der Waals surface area contributed by atoms with Crippen molar-refractivity contribution < 1.29 is 14.5 Å². The number of hydrogen-bond acceptors (Lipinski definition) is 6. The van der Waals surface area contributed by atoms with E-state index in [1.165, 1.54) is 16.7 Å². The number of fused-ring (bicyclic) bond motifs is 1. The molecular formula is C28H26N4O6. The number of rotatable bonds is 8. The molecule has 1 aromatic heterocycles. The first-order valence-electron chi connectivity index (χ1n) is 12.4. The molecule has 0 saturated carbocycles. The Kier molecular flexibility index (Phi) is 7.14. The van der Waals surface area contributed by atoms with Gasteiger partial charge < -0.3 is 10.1 Å². The van der Waals surface area contributed by atoms with E-state index in [9.17, 15) is 24.5 Å². The topological polar surface area (TPSA) is 125 Å². The van der Waals surface area contributed by atoms with Crippen molar-refractivity contribution in [3.63, 3.8) is 0 Å². The molecule has 1 aliphatic heterocycles. The van der Waals surface area contributed by atoms with Crippen molar-refractivity contribution in [3.8, 4) is 5.69 Å². The maximum Gasteiger partial charge on any atom is 0.336 e. The van der Waals surface area contributed by atoms with Gasteiger partial charge in [0.2, 0.25) is 5.91 Å². The van der Waals surface area contributed by atoms with Gasteiger partial charge in [-0.25, -0.2) is 9.36 Å². The van der Waals surface area contributed by atoms with E-state index >= 15 is 0 Å². The minimum Gasteiger partial charge on any atom is -0.376 e. The molecule has 0 unspecified atom stereocenters. The minimum atomic E-state index is -0.567. The third-order valence-corrected chi connectivity index (χ3v) is 6.62. The van der Waals surface area contributed by atoms with E-state index in [1.807, 2.05) is 0 Å². The van der Waals surface area contributed by atoms with Gasteiger partial charge in [-0.3, -0.25) is 24.3 Å². The maximum absolute atomic E-state index is 13.6. The number of hydrogen-bond donors (Lipinski definition) is 1. The summed E-state index contributed by atoms with van der Waals surface area (Å²) in [5.74, 6) is -0.129. The average Bonchev–Trinajstić information content (AvgIpc) is 3.45. The quantitative estimate of drug-likeness (QED) is 0.285. The fraction of sp³-hybridized carbons (Fsp3) is 0.250. The van der Waals surface area contributed by atoms with Gasteiger partial charge in [-0.1, -0.05) is 36.4 Å². The van der Waals surface area contributed by atoms with Crippen LogP contribution in [0, 0.1) is 10.1 Å². The first-order chi connectivity index (χ1) is 18.4. The Morgan fingerprint density at radius 2 is 1.82 bits per heavy atom. The predicted molar refractivity (Wildman–Crippen MR) is 142 cm³/mol. The number of nitro benzene ring substituents is 1. The summed E-state index contributed by atoms with van der Waals surface area (Å²) in [6.07, 6.45) is 2.17. The van der Waals surface area contributed by atoms with E-state index in [0.717, 1.165) is 29.6 Å². The number of para-hydroxylation sites is 1. The number of nitrogens with zero attached hydrogens (tertiary/aromatic N) is 3. The highest BCUT2D eigenvalue weighted by atomic mass is 16.6. The third-order valence-electron chi connectivity index (χ3n) is 6.62. The molecule has 10 nitrogen and oxygen atoms in total. The van der Waals surface area contributed by atoms with Crippen LogP contribution in [0.15, 0.2) is 82.4 Å². The Labute approximate surface area is 217 Å². The molecular weight excluding hydrogens is 488 g/mol. The third kappa shape index (κ3) is 5.25. The summed E-state index contributed by atoms with van der Waals surface area (Å²) in [6, 6.07) is 19.5. The van der Waals surface area contributed by atoms with Gasteiger partial charge in [0.1, 0.15) is 0 Å². The van der Waals surface area contributed by atoms with Crippen LogP contribution in [0.3, 0.4) is 0 Å². The largest absolute Gasteiger partial charge is 0.376 e. The molecule has 1 aliphatic rings. The lowest BCUT2D eigenvalue weighted by atomic mass is 10.1. The van der Waals surface area contributed by atoms with Crippen molar-refractivity contribution in [2.75, 3.05) is 13.2 Å². The Bertz CT molecular complexity index is 1620. The zero-order valence-corrected chi connectivity index (χ0v) is 20.5. The van der Waals surface area contributed by atoms with Crippen LogP contribution in [0.5, 0.6) is 0 Å². The summed E-state index contributed by atoms with van der Waals surface area (Å²) in [7, 11) is 0. The summed E-state index contributed by atoms with van der Waals surface area (Å²) in [5, 5.41) is 14.4. The lowest BCUT2D eigenvalue weighted by molar-refractivity contribution is -0.384. The standard InChI is InChI=1S/C28H26N4O6/c33-26(29-17-23-7-4-14-38-23)16-19-10-12-21(13-11-19)31-27(34)24-8-1-2-9-25(24)30(28(31)35)18-20-5-3-6-22(15-20)32(36)37/h1-3,5-6,8-13,15,23H,4,7,14,16-18H2,(H,29,33)/t23-/m0/s1. The van der Waals surface area contributed by atoms with E-state index in [-0.39, 0.29) is 30.7 Å². The van der Waals surface area contributed by atoms with Crippen molar-refractivity contribution in [2.45, 2.75) is 31.9 Å². The number of benzene rings is 3. The van der Waals surface area contributed by atoms with Crippen molar-refractivity contribution in [1.82, 2.24) is 14.5 Å². The smallest absolute Gasteiger partial charge is 0.336 e. The number of nitrogens with one attached hydrogen (secondary N) is 1. The zero-order valence-electron chi connectivity index (χ0n) is 20.5. The van der Waals surface area contributed by atoms with Gasteiger partial charge in [-0.2, -0.15) is 0 Å². The lowest BCUT2D eigenvalue weighted by Crippen LogP contribution is -2.39. The van der Waals surface area contributed by atoms with Crippen LogP contribution >= 0.6 is 0 Å². The Balaban J connectivity index is 1.45. The lowest BCUT2D eigenvalue weighted by Gasteiger charge is -2.15. The first kappa shape index (κ1) is 25.1. The molecule has 1 N–H and O–H groups in total. The monoisotopic (exact) mass is 514 g/mol. The second-order valence-corrected chi connectivity index (χ2v) is 9.24. The van der Waals surface area contributed by atoms with E-state index in [4.69, 9.17) is 4.74 Å². The van der Waals surface area contributed by atoms with Crippen LogP contribution in [0.1, 0.15) is 24.0 Å². The van der Waals surface area contributed by atoms with Gasteiger partial charge in [0, 0.05) is 25.3 Å². The first-order valence-corrected chi connectivity index (χ1v) is 12.4. The molecule has 1 fully saturated rings. The highest BCUT2D eigenvalue weighted by Gasteiger charge is 2.18. The van der Waals surface area contributed by atoms with E-state index in [0.29, 0.717) is 28.7 Å². The molecule has 1 amide bonds. The summed E-state index contributed by atoms with van der Waals surface area (Å²) in [4.78, 5) is 50.0. The summed E-state index contributed by atoms with van der Waals surface area (Å²) < 4.78 is 8.04. The van der Waals surface area contributed by atoms with Crippen LogP contribution in [-0.2, 0) is 22.5 Å². The van der Waals surface area contributed by atoms with Gasteiger partial charge in [0.05, 0.1) is 40.6 Å². The second kappa shape index (κ2) is 10.8. The van der Waals surface area contributed by atoms with Crippen LogP contribution < -0.4 is 16.6 Å². The highest BCUT2D eigenvalue weighted by Crippen LogP contribution is 2.17. The van der Waals surface area contributed by atoms with Crippen LogP contribution in [0.25, 0.3) is 16.6 Å². The van der Waals surface area contributed by atoms with Gasteiger partial charge in [-0.15, -0.1) is 0 Å². The zero-order chi connectivity index (χ0) is 26.6. The SMILES string of the molecule is O=C(Cc1ccc(-n2c(=O)c3ccccc3n(Cc3cccc([N+](=O)[O-])c3)c2=O)cc1)NC[C@@H]1CCCO1. The number of carbonyl (C=O) groups excluding carboxylic acids is 1. The molecule has 0 aliphatic carbocycles. The fourth-order valence-electron chi connectivity index (χ4n) is 4.70. The number of ether oxygens (including phenoxy) is 1. The van der Waals surface area contributed by atoms with Crippen LogP contribution in [-0.4, -0.2) is 39.2 Å². The van der Waals surface area contributed by atoms with Crippen LogP contribution in [0.2, 0.25) is 0 Å². The highest BCUT2D eigenvalue weighted by molar-refractivity contribution is 5.79. The maximum atomic E-state index is 13.6. The van der Waals surface area contributed by atoms with Crippen molar-refractivity contribution in [1.29, 1.82) is 0 Å². The number of aromatic nitrogens is 2. The fourth-order valence-corrected chi connectivity index (χ4v) is 4.70. The predicted octanol–water partition coefficient (Wildman–Crippen LogP) is 2.95. The van der Waals surface area contributed by atoms with E-state index in [2.05, 4.69) is 5.32 Å². The van der Waals surface area contributed by atoms with Gasteiger partial charge in [0.25, 0.3) is 11.2 Å². The molecule has 10 heteroatoms. The number of non-ortho nitro benzene ring substituents is 1. The van der Waals surface area contributed by atoms with Gasteiger partial charge in [-0.05, 0) is 48.2 Å². The number of nitro groups is 1. The van der Waals surface area contributed by atoms with Gasteiger partial charge >= 0.3 is 5.69 Å². The van der Waals surface area contributed by atoms with E-state index in [1.54, 1.807) is 60.7 Å². The molecule has 0 radical (unpaired) electrons. The van der Waals surface area contributed by atoms with Crippen LogP contribution in [0.4, 0.5) is 5.69 Å². The normalized spacial score (nSPS) is 15.0. The molecule has 1 atom stereocenters. The summed E-state index contributed by atoms with van der Waals surface area (Å²) in [6.45, 7) is 1.25. The molecule has 2 heterocycles. The van der Waals surface area contributed by atoms with E-state index < -0.39 is 16.2 Å². The molecule has 0 bridgehead atoms. The average molecular weight is 515 g/mol. The Morgan fingerprint density at radius 3 is 2.55 bits per heavy atom. The van der Waals surface area contributed by atoms with Crippen molar-refractivity contribution in [2.24, 2.45) is 0 Å². The Morgan fingerprint density at radius 1 is 1.03 bits per heavy atom. The molecule has 38 heavy (non-hydrogen) atoms. The molecule has 4 aromatic rings.